The number of methoxy groups -OCH3 is 1. The highest BCUT2D eigenvalue weighted by atomic mass is 16.5. The first-order valence-corrected chi connectivity index (χ1v) is 11.7. The first kappa shape index (κ1) is 19.9. The van der Waals surface area contributed by atoms with Crippen molar-refractivity contribution < 1.29 is 4.74 Å². The lowest BCUT2D eigenvalue weighted by Crippen LogP contribution is -2.46. The fourth-order valence-electron chi connectivity index (χ4n) is 5.76. The number of nitrogens with one attached hydrogen (secondary N) is 2. The third-order valence-corrected chi connectivity index (χ3v) is 7.65. The molecule has 2 N–H and O–H groups in total. The van der Waals surface area contributed by atoms with Gasteiger partial charge in [0.15, 0.2) is 5.65 Å². The molecule has 3 aromatic rings. The van der Waals surface area contributed by atoms with E-state index in [0.717, 1.165) is 55.1 Å². The molecule has 1 saturated carbocycles. The van der Waals surface area contributed by atoms with E-state index >= 15 is 0 Å². The molecule has 1 spiro atoms. The Balaban J connectivity index is 1.27. The van der Waals surface area contributed by atoms with Crippen LogP contribution in [0.3, 0.4) is 0 Å². The first-order chi connectivity index (χ1) is 15.6. The molecule has 6 rings (SSSR count). The van der Waals surface area contributed by atoms with Crippen molar-refractivity contribution in [2.45, 2.75) is 44.7 Å². The van der Waals surface area contributed by atoms with Crippen molar-refractivity contribution in [3.63, 3.8) is 0 Å². The van der Waals surface area contributed by atoms with Gasteiger partial charge < -0.3 is 20.3 Å². The number of benzene rings is 1. The number of likely N-dealkylation sites (N-methyl/N-ethyl adjacent to an activating group) is 1. The minimum Gasteiger partial charge on any atom is -0.495 e. The van der Waals surface area contributed by atoms with Crippen LogP contribution in [0.2, 0.25) is 0 Å². The average Bonchev–Trinajstić information content (AvgIpc) is 3.20. The molecule has 0 radical (unpaired) electrons. The highest BCUT2D eigenvalue weighted by Gasteiger charge is 2.46. The Bertz CT molecular complexity index is 1140. The van der Waals surface area contributed by atoms with Crippen LogP contribution >= 0.6 is 0 Å². The molecule has 3 aliphatic rings. The van der Waals surface area contributed by atoms with Gasteiger partial charge in [-0.15, -0.1) is 0 Å². The largest absolute Gasteiger partial charge is 0.495 e. The molecule has 0 unspecified atom stereocenters. The normalized spacial score (nSPS) is 20.8. The molecule has 0 bridgehead atoms. The van der Waals surface area contributed by atoms with Crippen LogP contribution in [0.15, 0.2) is 24.5 Å². The lowest BCUT2D eigenvalue weighted by Gasteiger charge is -2.50. The molecule has 8 heteroatoms. The quantitative estimate of drug-likeness (QED) is 0.654. The summed E-state index contributed by atoms with van der Waals surface area (Å²) < 4.78 is 7.80. The zero-order valence-electron chi connectivity index (χ0n) is 18.9. The van der Waals surface area contributed by atoms with E-state index in [1.165, 1.54) is 36.8 Å². The number of anilines is 2. The molecule has 168 valence electrons. The number of hydrogen-bond acceptors (Lipinski definition) is 7. The van der Waals surface area contributed by atoms with Crippen molar-refractivity contribution in [1.82, 2.24) is 30.0 Å². The van der Waals surface area contributed by atoms with Crippen LogP contribution < -0.4 is 15.4 Å². The highest BCUT2D eigenvalue weighted by Crippen LogP contribution is 2.54. The second-order valence-corrected chi connectivity index (χ2v) is 9.81. The zero-order valence-corrected chi connectivity index (χ0v) is 18.9. The molecule has 2 fully saturated rings. The molecule has 1 aliphatic carbocycles. The van der Waals surface area contributed by atoms with E-state index < -0.39 is 0 Å². The fourth-order valence-corrected chi connectivity index (χ4v) is 5.76. The fraction of sp³-hybridized carbons (Fsp3) is 0.542. The lowest BCUT2D eigenvalue weighted by atomic mass is 9.60. The number of fused-ring (bicyclic) bond motifs is 2. The van der Waals surface area contributed by atoms with Crippen LogP contribution in [0.4, 0.5) is 11.6 Å². The molecule has 8 nitrogen and oxygen atoms in total. The molecule has 2 aromatic heterocycles. The van der Waals surface area contributed by atoms with Gasteiger partial charge >= 0.3 is 0 Å². The minimum absolute atomic E-state index is 0.433. The van der Waals surface area contributed by atoms with Gasteiger partial charge in [0, 0.05) is 19.3 Å². The Morgan fingerprint density at radius 2 is 2.00 bits per heavy atom. The van der Waals surface area contributed by atoms with Crippen LogP contribution in [0, 0.1) is 5.41 Å². The highest BCUT2D eigenvalue weighted by molar-refractivity contribution is 5.76. The SMILES string of the molecule is COc1cc2c(cc1Nc1ncc3cnn(C4CC5(CCNCC5)C4)c3n1)CN(C)CC2. The second kappa shape index (κ2) is 7.71. The maximum Gasteiger partial charge on any atom is 0.229 e. The van der Waals surface area contributed by atoms with Gasteiger partial charge in [0.2, 0.25) is 5.95 Å². The molecule has 0 atom stereocenters. The standard InChI is InChI=1S/C24H31N7O/c1-30-8-3-16-10-21(32-2)20(9-17(16)15-30)28-23-26-13-18-14-27-31(22(18)29-23)19-11-24(12-19)4-6-25-7-5-24/h9-10,13-14,19,25H,3-8,11-12,15H2,1-2H3,(H,26,28,29). The summed E-state index contributed by atoms with van der Waals surface area (Å²) in [5.41, 5.74) is 5.01. The number of piperidine rings is 1. The Hall–Kier alpha value is -2.71. The van der Waals surface area contributed by atoms with Crippen LogP contribution in [-0.4, -0.2) is 58.4 Å². The van der Waals surface area contributed by atoms with Crippen molar-refractivity contribution >= 4 is 22.7 Å². The number of nitrogens with zero attached hydrogens (tertiary/aromatic N) is 5. The maximum atomic E-state index is 5.68. The van der Waals surface area contributed by atoms with Crippen molar-refractivity contribution in [3.05, 3.63) is 35.7 Å². The number of hydrogen-bond donors (Lipinski definition) is 2. The maximum absolute atomic E-state index is 5.68. The summed E-state index contributed by atoms with van der Waals surface area (Å²) >= 11 is 0. The van der Waals surface area contributed by atoms with Crippen LogP contribution in [-0.2, 0) is 13.0 Å². The Morgan fingerprint density at radius 3 is 2.81 bits per heavy atom. The molecule has 4 heterocycles. The Labute approximate surface area is 188 Å². The first-order valence-electron chi connectivity index (χ1n) is 11.7. The van der Waals surface area contributed by atoms with Gasteiger partial charge in [0.1, 0.15) is 5.75 Å². The van der Waals surface area contributed by atoms with E-state index in [-0.39, 0.29) is 0 Å². The van der Waals surface area contributed by atoms with Gasteiger partial charge in [-0.3, -0.25) is 0 Å². The summed E-state index contributed by atoms with van der Waals surface area (Å²) in [7, 11) is 3.88. The van der Waals surface area contributed by atoms with Gasteiger partial charge in [-0.2, -0.15) is 10.1 Å². The summed E-state index contributed by atoms with van der Waals surface area (Å²) in [4.78, 5) is 11.8. The Morgan fingerprint density at radius 1 is 1.16 bits per heavy atom. The van der Waals surface area contributed by atoms with Gasteiger partial charge in [0.05, 0.1) is 30.4 Å². The summed E-state index contributed by atoms with van der Waals surface area (Å²) in [6, 6.07) is 4.77. The van der Waals surface area contributed by atoms with Crippen LogP contribution in [0.5, 0.6) is 5.75 Å². The minimum atomic E-state index is 0.433. The van der Waals surface area contributed by atoms with Gasteiger partial charge in [-0.05, 0) is 80.9 Å². The van der Waals surface area contributed by atoms with Gasteiger partial charge in [-0.1, -0.05) is 0 Å². The van der Waals surface area contributed by atoms with Crippen LogP contribution in [0.25, 0.3) is 11.0 Å². The van der Waals surface area contributed by atoms with E-state index in [4.69, 9.17) is 9.72 Å². The topological polar surface area (TPSA) is 80.1 Å². The molecular formula is C24H31N7O. The zero-order chi connectivity index (χ0) is 21.7. The van der Waals surface area contributed by atoms with Crippen molar-refractivity contribution in [1.29, 1.82) is 0 Å². The summed E-state index contributed by atoms with van der Waals surface area (Å²) in [6.07, 6.45) is 9.75. The van der Waals surface area contributed by atoms with Crippen molar-refractivity contribution in [3.8, 4) is 5.75 Å². The van der Waals surface area contributed by atoms with Gasteiger partial charge in [-0.25, -0.2) is 9.67 Å². The van der Waals surface area contributed by atoms with E-state index in [1.807, 2.05) is 12.4 Å². The van der Waals surface area contributed by atoms with Crippen molar-refractivity contribution in [2.24, 2.45) is 5.41 Å². The Kier molecular flexibility index (Phi) is 4.80. The number of rotatable bonds is 4. The van der Waals surface area contributed by atoms with E-state index in [1.54, 1.807) is 7.11 Å². The van der Waals surface area contributed by atoms with Crippen molar-refractivity contribution in [2.75, 3.05) is 39.1 Å². The predicted octanol–water partition coefficient (Wildman–Crippen LogP) is 3.27. The predicted molar refractivity (Wildman–Crippen MR) is 124 cm³/mol. The van der Waals surface area contributed by atoms with Crippen LogP contribution in [0.1, 0.15) is 42.9 Å². The molecule has 32 heavy (non-hydrogen) atoms. The molecule has 2 aliphatic heterocycles. The van der Waals surface area contributed by atoms with E-state index in [0.29, 0.717) is 17.4 Å². The average molecular weight is 434 g/mol. The molecule has 1 aromatic carbocycles. The molecule has 1 saturated heterocycles. The summed E-state index contributed by atoms with van der Waals surface area (Å²) in [5, 5.41) is 12.6. The number of aromatic nitrogens is 4. The summed E-state index contributed by atoms with van der Waals surface area (Å²) in [5.74, 6) is 1.41. The van der Waals surface area contributed by atoms with E-state index in [9.17, 15) is 0 Å². The second-order valence-electron chi connectivity index (χ2n) is 9.81. The molecule has 0 amide bonds. The van der Waals surface area contributed by atoms with Gasteiger partial charge in [0.25, 0.3) is 0 Å². The summed E-state index contributed by atoms with van der Waals surface area (Å²) in [6.45, 7) is 4.30. The monoisotopic (exact) mass is 433 g/mol. The third-order valence-electron chi connectivity index (χ3n) is 7.65. The number of ether oxygens (including phenoxy) is 1. The van der Waals surface area contributed by atoms with E-state index in [2.05, 4.69) is 49.5 Å². The smallest absolute Gasteiger partial charge is 0.229 e. The third kappa shape index (κ3) is 3.42. The lowest BCUT2D eigenvalue weighted by molar-refractivity contribution is 0.0249. The molecular weight excluding hydrogens is 402 g/mol.